The smallest absolute Gasteiger partial charge is 0.126 e. The van der Waals surface area contributed by atoms with E-state index in [-0.39, 0.29) is 12.0 Å². The standard InChI is InChI=1S/C13H19F2N/c1-4-13(16-5-2)9(3)10-6-11(14)8-12(15)7-10/h6-9,13,16H,4-5H2,1-3H3. The van der Waals surface area contributed by atoms with Crippen LogP contribution in [0.5, 0.6) is 0 Å². The first-order chi connectivity index (χ1) is 7.58. The SMILES string of the molecule is CCNC(CC)C(C)c1cc(F)cc(F)c1. The Labute approximate surface area is 95.9 Å². The minimum absolute atomic E-state index is 0.107. The highest BCUT2D eigenvalue weighted by molar-refractivity contribution is 5.22. The summed E-state index contributed by atoms with van der Waals surface area (Å²) in [6.07, 6.45) is 0.938. The molecule has 90 valence electrons. The number of hydrogen-bond acceptors (Lipinski definition) is 1. The van der Waals surface area contributed by atoms with Gasteiger partial charge < -0.3 is 5.32 Å². The molecule has 3 heteroatoms. The summed E-state index contributed by atoms with van der Waals surface area (Å²) in [7, 11) is 0. The van der Waals surface area contributed by atoms with E-state index in [1.165, 1.54) is 12.1 Å². The van der Waals surface area contributed by atoms with E-state index in [1.54, 1.807) is 0 Å². The Balaban J connectivity index is 2.89. The van der Waals surface area contributed by atoms with E-state index in [2.05, 4.69) is 12.2 Å². The Morgan fingerprint density at radius 3 is 2.12 bits per heavy atom. The van der Waals surface area contributed by atoms with Crippen molar-refractivity contribution < 1.29 is 8.78 Å². The molecule has 1 rings (SSSR count). The lowest BCUT2D eigenvalue weighted by Crippen LogP contribution is -2.33. The van der Waals surface area contributed by atoms with Gasteiger partial charge in [-0.05, 0) is 36.6 Å². The van der Waals surface area contributed by atoms with E-state index in [9.17, 15) is 8.78 Å². The minimum Gasteiger partial charge on any atom is -0.314 e. The molecule has 0 amide bonds. The van der Waals surface area contributed by atoms with Gasteiger partial charge in [-0.25, -0.2) is 8.78 Å². The molecule has 1 aromatic rings. The monoisotopic (exact) mass is 227 g/mol. The van der Waals surface area contributed by atoms with Crippen LogP contribution < -0.4 is 5.32 Å². The quantitative estimate of drug-likeness (QED) is 0.812. The van der Waals surface area contributed by atoms with Crippen LogP contribution in [-0.2, 0) is 0 Å². The number of benzene rings is 1. The fourth-order valence-corrected chi connectivity index (χ4v) is 2.01. The molecule has 0 saturated carbocycles. The summed E-state index contributed by atoms with van der Waals surface area (Å²) in [5, 5.41) is 3.32. The zero-order valence-corrected chi connectivity index (χ0v) is 10.1. The average Bonchev–Trinajstić information content (AvgIpc) is 2.23. The topological polar surface area (TPSA) is 12.0 Å². The maximum Gasteiger partial charge on any atom is 0.126 e. The average molecular weight is 227 g/mol. The van der Waals surface area contributed by atoms with Gasteiger partial charge >= 0.3 is 0 Å². The van der Waals surface area contributed by atoms with Gasteiger partial charge in [0.25, 0.3) is 0 Å². The Bertz CT molecular complexity index is 318. The maximum absolute atomic E-state index is 13.1. The summed E-state index contributed by atoms with van der Waals surface area (Å²) in [6, 6.07) is 3.98. The van der Waals surface area contributed by atoms with E-state index >= 15 is 0 Å². The summed E-state index contributed by atoms with van der Waals surface area (Å²) < 4.78 is 26.2. The summed E-state index contributed by atoms with van der Waals surface area (Å²) in [5.74, 6) is -0.906. The first-order valence-electron chi connectivity index (χ1n) is 5.77. The molecule has 1 nitrogen and oxygen atoms in total. The lowest BCUT2D eigenvalue weighted by Gasteiger charge is -2.24. The van der Waals surface area contributed by atoms with E-state index in [0.29, 0.717) is 5.56 Å². The van der Waals surface area contributed by atoms with Crippen molar-refractivity contribution in [1.29, 1.82) is 0 Å². The van der Waals surface area contributed by atoms with Gasteiger partial charge in [-0.15, -0.1) is 0 Å². The number of nitrogens with one attached hydrogen (secondary N) is 1. The van der Waals surface area contributed by atoms with Gasteiger partial charge in [-0.2, -0.15) is 0 Å². The van der Waals surface area contributed by atoms with Crippen LogP contribution >= 0.6 is 0 Å². The number of halogens is 2. The Morgan fingerprint density at radius 1 is 1.12 bits per heavy atom. The lowest BCUT2D eigenvalue weighted by atomic mass is 9.91. The predicted octanol–water partition coefficient (Wildman–Crippen LogP) is 3.46. The number of rotatable bonds is 5. The van der Waals surface area contributed by atoms with Crippen LogP contribution in [0.4, 0.5) is 8.78 Å². The van der Waals surface area contributed by atoms with Gasteiger partial charge in [0.15, 0.2) is 0 Å². The van der Waals surface area contributed by atoms with Crippen LogP contribution in [0.15, 0.2) is 18.2 Å². The second kappa shape index (κ2) is 5.94. The summed E-state index contributed by atoms with van der Waals surface area (Å²) in [4.78, 5) is 0. The maximum atomic E-state index is 13.1. The van der Waals surface area contributed by atoms with Gasteiger partial charge in [-0.1, -0.05) is 20.8 Å². The number of likely N-dealkylation sites (N-methyl/N-ethyl adjacent to an activating group) is 1. The molecule has 16 heavy (non-hydrogen) atoms. The number of hydrogen-bond donors (Lipinski definition) is 1. The molecule has 0 fully saturated rings. The van der Waals surface area contributed by atoms with Crippen molar-refractivity contribution >= 4 is 0 Å². The molecule has 0 aliphatic carbocycles. The van der Waals surface area contributed by atoms with Crippen molar-refractivity contribution in [3.63, 3.8) is 0 Å². The third kappa shape index (κ3) is 3.27. The van der Waals surface area contributed by atoms with E-state index in [1.807, 2.05) is 13.8 Å². The first-order valence-corrected chi connectivity index (χ1v) is 5.77. The third-order valence-electron chi connectivity index (χ3n) is 2.92. The van der Waals surface area contributed by atoms with Gasteiger partial charge in [0.1, 0.15) is 11.6 Å². The van der Waals surface area contributed by atoms with Crippen molar-refractivity contribution in [1.82, 2.24) is 5.32 Å². The van der Waals surface area contributed by atoms with Crippen molar-refractivity contribution in [2.24, 2.45) is 0 Å². The van der Waals surface area contributed by atoms with Gasteiger partial charge in [0, 0.05) is 12.1 Å². The Kier molecular flexibility index (Phi) is 4.87. The molecule has 2 atom stereocenters. The molecule has 0 aromatic heterocycles. The summed E-state index contributed by atoms with van der Waals surface area (Å²) in [5.41, 5.74) is 0.713. The van der Waals surface area contributed by atoms with Gasteiger partial charge in [0.2, 0.25) is 0 Å². The highest BCUT2D eigenvalue weighted by atomic mass is 19.1. The van der Waals surface area contributed by atoms with Crippen LogP contribution in [0.25, 0.3) is 0 Å². The zero-order chi connectivity index (χ0) is 12.1. The molecule has 0 spiro atoms. The third-order valence-corrected chi connectivity index (χ3v) is 2.92. The molecular weight excluding hydrogens is 208 g/mol. The van der Waals surface area contributed by atoms with Crippen molar-refractivity contribution in [3.8, 4) is 0 Å². The van der Waals surface area contributed by atoms with E-state index < -0.39 is 11.6 Å². The first kappa shape index (κ1) is 13.1. The van der Waals surface area contributed by atoms with Gasteiger partial charge in [-0.3, -0.25) is 0 Å². The van der Waals surface area contributed by atoms with E-state index in [4.69, 9.17) is 0 Å². The fraction of sp³-hybridized carbons (Fsp3) is 0.538. The van der Waals surface area contributed by atoms with Gasteiger partial charge in [0.05, 0.1) is 0 Å². The second-order valence-electron chi connectivity index (χ2n) is 4.06. The molecule has 0 aliphatic heterocycles. The highest BCUT2D eigenvalue weighted by Crippen LogP contribution is 2.22. The van der Waals surface area contributed by atoms with Crippen LogP contribution in [0.3, 0.4) is 0 Å². The molecule has 0 bridgehead atoms. The summed E-state index contributed by atoms with van der Waals surface area (Å²) in [6.45, 7) is 6.95. The van der Waals surface area contributed by atoms with Crippen molar-refractivity contribution in [3.05, 3.63) is 35.4 Å². The highest BCUT2D eigenvalue weighted by Gasteiger charge is 2.17. The largest absolute Gasteiger partial charge is 0.314 e. The molecule has 1 aromatic carbocycles. The Morgan fingerprint density at radius 2 is 1.69 bits per heavy atom. The van der Waals surface area contributed by atoms with Crippen molar-refractivity contribution in [2.75, 3.05) is 6.54 Å². The molecule has 0 heterocycles. The van der Waals surface area contributed by atoms with Crippen LogP contribution in [0.2, 0.25) is 0 Å². The Hall–Kier alpha value is -0.960. The summed E-state index contributed by atoms with van der Waals surface area (Å²) >= 11 is 0. The molecular formula is C13H19F2N. The second-order valence-corrected chi connectivity index (χ2v) is 4.06. The molecule has 0 aliphatic rings. The fourth-order valence-electron chi connectivity index (χ4n) is 2.01. The molecule has 0 radical (unpaired) electrons. The van der Waals surface area contributed by atoms with Crippen LogP contribution in [0, 0.1) is 11.6 Å². The molecule has 0 saturated heterocycles. The molecule has 2 unspecified atom stereocenters. The normalized spacial score (nSPS) is 14.8. The minimum atomic E-state index is -0.506. The predicted molar refractivity (Wildman–Crippen MR) is 62.5 cm³/mol. The lowest BCUT2D eigenvalue weighted by molar-refractivity contribution is 0.445. The molecule has 1 N–H and O–H groups in total. The van der Waals surface area contributed by atoms with E-state index in [0.717, 1.165) is 19.0 Å². The van der Waals surface area contributed by atoms with Crippen LogP contribution in [0.1, 0.15) is 38.7 Å². The van der Waals surface area contributed by atoms with Crippen molar-refractivity contribution in [2.45, 2.75) is 39.2 Å². The van der Waals surface area contributed by atoms with Crippen LogP contribution in [-0.4, -0.2) is 12.6 Å². The zero-order valence-electron chi connectivity index (χ0n) is 10.1.